The van der Waals surface area contributed by atoms with E-state index in [1.807, 2.05) is 6.07 Å². The van der Waals surface area contributed by atoms with Crippen LogP contribution in [0.1, 0.15) is 23.7 Å². The summed E-state index contributed by atoms with van der Waals surface area (Å²) in [5.74, 6) is 0.542. The lowest BCUT2D eigenvalue weighted by atomic mass is 9.92. The summed E-state index contributed by atoms with van der Waals surface area (Å²) in [5.41, 5.74) is 1.56. The second kappa shape index (κ2) is 6.34. The monoisotopic (exact) mass is 373 g/mol. The van der Waals surface area contributed by atoms with E-state index in [-0.39, 0.29) is 12.1 Å². The van der Waals surface area contributed by atoms with Crippen molar-refractivity contribution in [3.8, 4) is 5.75 Å². The molecule has 6 heteroatoms. The number of fused-ring (bicyclic) bond motifs is 1. The van der Waals surface area contributed by atoms with Gasteiger partial charge in [0, 0.05) is 27.6 Å². The largest absolute Gasteiger partial charge is 0.474 e. The van der Waals surface area contributed by atoms with Gasteiger partial charge in [-0.25, -0.2) is 0 Å². The summed E-state index contributed by atoms with van der Waals surface area (Å²) in [4.78, 5) is 22.2. The maximum atomic E-state index is 11.7. The number of carbonyl (C=O) groups is 1. The number of halogens is 1. The minimum atomic E-state index is -0.854. The number of ether oxygens (including phenoxy) is 1. The molecule has 5 nitrogen and oxygen atoms in total. The topological polar surface area (TPSA) is 69.4 Å². The zero-order valence-corrected chi connectivity index (χ0v) is 13.5. The molecule has 1 aliphatic rings. The van der Waals surface area contributed by atoms with Crippen molar-refractivity contribution in [2.45, 2.75) is 12.5 Å². The standard InChI is InChI=1S/C17H12BrNO4/c18-12-5-3-4-11(10-12)17-16(19(21)22)14(8-9-20)13-6-1-2-7-15(13)23-17/h1-7,9-10,17H,8H2/t17-/m0/s1. The van der Waals surface area contributed by atoms with Crippen LogP contribution in [0.5, 0.6) is 5.75 Å². The lowest BCUT2D eigenvalue weighted by Crippen LogP contribution is -2.22. The van der Waals surface area contributed by atoms with Gasteiger partial charge in [-0.05, 0) is 18.2 Å². The molecule has 0 aromatic heterocycles. The second-order valence-electron chi connectivity index (χ2n) is 5.04. The Hall–Kier alpha value is -2.47. The highest BCUT2D eigenvalue weighted by Gasteiger charge is 2.38. The molecule has 0 saturated heterocycles. The third kappa shape index (κ3) is 2.90. The number of allylic oxidation sites excluding steroid dienone is 1. The highest BCUT2D eigenvalue weighted by Crippen LogP contribution is 2.43. The first kappa shape index (κ1) is 15.4. The number of aldehydes is 1. The molecular weight excluding hydrogens is 362 g/mol. The summed E-state index contributed by atoms with van der Waals surface area (Å²) in [6.07, 6.45) is -0.201. The zero-order valence-electron chi connectivity index (χ0n) is 11.9. The van der Waals surface area contributed by atoms with Crippen LogP contribution in [-0.4, -0.2) is 11.2 Å². The molecule has 0 spiro atoms. The van der Waals surface area contributed by atoms with Gasteiger partial charge in [0.05, 0.1) is 4.92 Å². The fraction of sp³-hybridized carbons (Fsp3) is 0.118. The summed E-state index contributed by atoms with van der Waals surface area (Å²) in [6.45, 7) is 0. The first-order chi connectivity index (χ1) is 11.1. The van der Waals surface area contributed by atoms with Crippen LogP contribution < -0.4 is 4.74 Å². The molecule has 2 aromatic rings. The molecule has 2 aromatic carbocycles. The van der Waals surface area contributed by atoms with E-state index in [2.05, 4.69) is 15.9 Å². The highest BCUT2D eigenvalue weighted by molar-refractivity contribution is 9.10. The summed E-state index contributed by atoms with van der Waals surface area (Å²) >= 11 is 3.37. The Bertz CT molecular complexity index is 816. The Kier molecular flexibility index (Phi) is 4.25. The molecule has 0 aliphatic carbocycles. The van der Waals surface area contributed by atoms with Gasteiger partial charge in [-0.3, -0.25) is 10.1 Å². The first-order valence-corrected chi connectivity index (χ1v) is 7.73. The van der Waals surface area contributed by atoms with Crippen LogP contribution in [0.2, 0.25) is 0 Å². The molecule has 0 saturated carbocycles. The van der Waals surface area contributed by atoms with E-state index in [0.717, 1.165) is 4.47 Å². The van der Waals surface area contributed by atoms with Gasteiger partial charge in [0.25, 0.3) is 5.70 Å². The molecule has 1 aliphatic heterocycles. The predicted octanol–water partition coefficient (Wildman–Crippen LogP) is 4.16. The van der Waals surface area contributed by atoms with Crippen LogP contribution in [0.4, 0.5) is 0 Å². The van der Waals surface area contributed by atoms with Crippen molar-refractivity contribution in [3.63, 3.8) is 0 Å². The molecule has 0 amide bonds. The van der Waals surface area contributed by atoms with Gasteiger partial charge >= 0.3 is 0 Å². The molecule has 1 atom stereocenters. The first-order valence-electron chi connectivity index (χ1n) is 6.94. The minimum Gasteiger partial charge on any atom is -0.474 e. The minimum absolute atomic E-state index is 0.0266. The van der Waals surface area contributed by atoms with Gasteiger partial charge < -0.3 is 9.53 Å². The number of nitro groups is 1. The van der Waals surface area contributed by atoms with E-state index in [1.165, 1.54) is 0 Å². The third-order valence-electron chi connectivity index (χ3n) is 3.65. The zero-order chi connectivity index (χ0) is 16.4. The van der Waals surface area contributed by atoms with Crippen molar-refractivity contribution in [3.05, 3.63) is 79.9 Å². The SMILES string of the molecule is O=CCC1=C([N+](=O)[O-])[C@H](c2cccc(Br)c2)Oc2ccccc21. The Morgan fingerprint density at radius 2 is 2.00 bits per heavy atom. The number of carbonyl (C=O) groups excluding carboxylic acids is 1. The maximum Gasteiger partial charge on any atom is 0.295 e. The molecule has 23 heavy (non-hydrogen) atoms. The lowest BCUT2D eigenvalue weighted by Gasteiger charge is -2.26. The van der Waals surface area contributed by atoms with Crippen molar-refractivity contribution < 1.29 is 14.5 Å². The van der Waals surface area contributed by atoms with Crippen molar-refractivity contribution in [2.24, 2.45) is 0 Å². The number of para-hydroxylation sites is 1. The second-order valence-corrected chi connectivity index (χ2v) is 5.96. The maximum absolute atomic E-state index is 11.7. The summed E-state index contributed by atoms with van der Waals surface area (Å²) in [6, 6.07) is 14.2. The Balaban J connectivity index is 2.23. The van der Waals surface area contributed by atoms with Gasteiger partial charge in [-0.1, -0.05) is 46.3 Å². The van der Waals surface area contributed by atoms with Crippen LogP contribution in [-0.2, 0) is 4.79 Å². The third-order valence-corrected chi connectivity index (χ3v) is 4.14. The summed E-state index contributed by atoms with van der Waals surface area (Å²) < 4.78 is 6.69. The van der Waals surface area contributed by atoms with Crippen LogP contribution in [0.25, 0.3) is 5.57 Å². The quantitative estimate of drug-likeness (QED) is 0.458. The fourth-order valence-electron chi connectivity index (χ4n) is 2.70. The number of rotatable bonds is 4. The van der Waals surface area contributed by atoms with Gasteiger partial charge in [0.1, 0.15) is 12.0 Å². The average molecular weight is 374 g/mol. The molecule has 0 N–H and O–H groups in total. The van der Waals surface area contributed by atoms with Crippen molar-refractivity contribution in [2.75, 3.05) is 0 Å². The molecule has 1 heterocycles. The van der Waals surface area contributed by atoms with Crippen molar-refractivity contribution >= 4 is 27.8 Å². The smallest absolute Gasteiger partial charge is 0.295 e. The molecule has 0 unspecified atom stereocenters. The van der Waals surface area contributed by atoms with Crippen LogP contribution in [0, 0.1) is 10.1 Å². The van der Waals surface area contributed by atoms with E-state index in [4.69, 9.17) is 4.74 Å². The molecule has 0 fully saturated rings. The molecule has 0 radical (unpaired) electrons. The van der Waals surface area contributed by atoms with Crippen LogP contribution in [0.3, 0.4) is 0 Å². The Morgan fingerprint density at radius 1 is 1.22 bits per heavy atom. The van der Waals surface area contributed by atoms with E-state index in [9.17, 15) is 14.9 Å². The van der Waals surface area contributed by atoms with Gasteiger partial charge in [-0.15, -0.1) is 0 Å². The number of hydrogen-bond donors (Lipinski definition) is 0. The van der Waals surface area contributed by atoms with Gasteiger partial charge in [0.15, 0.2) is 0 Å². The lowest BCUT2D eigenvalue weighted by molar-refractivity contribution is -0.435. The van der Waals surface area contributed by atoms with E-state index < -0.39 is 11.0 Å². The number of hydrogen-bond acceptors (Lipinski definition) is 4. The molecule has 0 bridgehead atoms. The van der Waals surface area contributed by atoms with Gasteiger partial charge in [-0.2, -0.15) is 0 Å². The van der Waals surface area contributed by atoms with Gasteiger partial charge in [0.2, 0.25) is 6.10 Å². The molecule has 116 valence electrons. The number of nitrogens with zero attached hydrogens (tertiary/aromatic N) is 1. The highest BCUT2D eigenvalue weighted by atomic mass is 79.9. The number of benzene rings is 2. The summed E-state index contributed by atoms with van der Waals surface area (Å²) in [7, 11) is 0. The average Bonchev–Trinajstić information content (AvgIpc) is 2.54. The van der Waals surface area contributed by atoms with Crippen molar-refractivity contribution in [1.29, 1.82) is 0 Å². The summed E-state index contributed by atoms with van der Waals surface area (Å²) in [5, 5.41) is 11.7. The van der Waals surface area contributed by atoms with E-state index in [0.29, 0.717) is 28.7 Å². The van der Waals surface area contributed by atoms with E-state index >= 15 is 0 Å². The van der Waals surface area contributed by atoms with Crippen LogP contribution >= 0.6 is 15.9 Å². The van der Waals surface area contributed by atoms with E-state index in [1.54, 1.807) is 42.5 Å². The predicted molar refractivity (Wildman–Crippen MR) is 88.5 cm³/mol. The van der Waals surface area contributed by atoms with Crippen molar-refractivity contribution in [1.82, 2.24) is 0 Å². The fourth-order valence-corrected chi connectivity index (χ4v) is 3.11. The Labute approximate surface area is 140 Å². The normalized spacial score (nSPS) is 16.5. The van der Waals surface area contributed by atoms with Crippen LogP contribution in [0.15, 0.2) is 58.7 Å². The Morgan fingerprint density at radius 3 is 2.70 bits per heavy atom. The molecule has 3 rings (SSSR count). The molecular formula is C17H12BrNO4.